The number of amides is 1. The van der Waals surface area contributed by atoms with Crippen LogP contribution in [0.25, 0.3) is 10.9 Å². The van der Waals surface area contributed by atoms with Crippen LogP contribution in [0.3, 0.4) is 0 Å². The third-order valence-corrected chi connectivity index (χ3v) is 6.10. The number of fused-ring (bicyclic) bond motifs is 2. The van der Waals surface area contributed by atoms with Gasteiger partial charge in [-0.05, 0) is 35.7 Å². The average molecular weight is 409 g/mol. The van der Waals surface area contributed by atoms with Crippen molar-refractivity contribution in [3.05, 3.63) is 112 Å². The first-order chi connectivity index (χ1) is 15.1. The van der Waals surface area contributed by atoms with E-state index in [-0.39, 0.29) is 23.9 Å². The molecule has 3 aromatic carbocycles. The van der Waals surface area contributed by atoms with Crippen LogP contribution < -0.4 is 5.56 Å². The maximum atomic E-state index is 13.3. The van der Waals surface area contributed by atoms with Crippen LogP contribution in [0, 0.1) is 6.92 Å². The van der Waals surface area contributed by atoms with Gasteiger partial charge in [0.25, 0.3) is 5.56 Å². The summed E-state index contributed by atoms with van der Waals surface area (Å²) in [7, 11) is 0. The van der Waals surface area contributed by atoms with Crippen molar-refractivity contribution in [2.75, 3.05) is 6.54 Å². The number of nitrogens with zero attached hydrogens (tertiary/aromatic N) is 3. The summed E-state index contributed by atoms with van der Waals surface area (Å²) in [5, 5.41) is 0.534. The number of para-hydroxylation sites is 1. The fourth-order valence-electron chi connectivity index (χ4n) is 4.47. The van der Waals surface area contributed by atoms with Crippen molar-refractivity contribution in [1.29, 1.82) is 0 Å². The van der Waals surface area contributed by atoms with E-state index in [0.29, 0.717) is 29.8 Å². The number of aryl methyl sites for hydroxylation is 1. The Balaban J connectivity index is 1.48. The summed E-state index contributed by atoms with van der Waals surface area (Å²) in [5.74, 6) is 0.592. The zero-order valence-electron chi connectivity index (χ0n) is 17.4. The van der Waals surface area contributed by atoms with Gasteiger partial charge in [0.15, 0.2) is 0 Å². The second-order valence-corrected chi connectivity index (χ2v) is 8.00. The molecular formula is C26H23N3O2. The molecule has 1 atom stereocenters. The molecule has 1 aromatic heterocycles. The van der Waals surface area contributed by atoms with E-state index in [1.807, 2.05) is 47.4 Å². The van der Waals surface area contributed by atoms with Crippen LogP contribution in [0.1, 0.15) is 28.4 Å². The number of rotatable bonds is 3. The highest BCUT2D eigenvalue weighted by molar-refractivity contribution is 5.79. The Morgan fingerprint density at radius 2 is 1.68 bits per heavy atom. The van der Waals surface area contributed by atoms with Crippen LogP contribution in [-0.2, 0) is 17.9 Å². The van der Waals surface area contributed by atoms with E-state index < -0.39 is 0 Å². The molecule has 0 spiro atoms. The van der Waals surface area contributed by atoms with Gasteiger partial charge in [-0.25, -0.2) is 4.98 Å². The molecule has 1 aliphatic heterocycles. The molecule has 1 unspecified atom stereocenters. The minimum absolute atomic E-state index is 0.00776. The summed E-state index contributed by atoms with van der Waals surface area (Å²) in [5.41, 5.74) is 4.08. The highest BCUT2D eigenvalue weighted by atomic mass is 16.2. The van der Waals surface area contributed by atoms with E-state index in [0.717, 1.165) is 5.56 Å². The zero-order chi connectivity index (χ0) is 21.4. The van der Waals surface area contributed by atoms with Crippen LogP contribution in [0.4, 0.5) is 0 Å². The lowest BCUT2D eigenvalue weighted by Gasteiger charge is -2.35. The van der Waals surface area contributed by atoms with Gasteiger partial charge in [-0.2, -0.15) is 0 Å². The van der Waals surface area contributed by atoms with Crippen LogP contribution in [0.5, 0.6) is 0 Å². The molecule has 154 valence electrons. The van der Waals surface area contributed by atoms with Crippen molar-refractivity contribution >= 4 is 16.8 Å². The molecule has 31 heavy (non-hydrogen) atoms. The van der Waals surface area contributed by atoms with Crippen LogP contribution >= 0.6 is 0 Å². The van der Waals surface area contributed by atoms with E-state index in [1.165, 1.54) is 15.7 Å². The van der Waals surface area contributed by atoms with Crippen molar-refractivity contribution < 1.29 is 4.79 Å². The van der Waals surface area contributed by atoms with Gasteiger partial charge in [0.1, 0.15) is 12.4 Å². The van der Waals surface area contributed by atoms with E-state index in [4.69, 9.17) is 0 Å². The highest BCUT2D eigenvalue weighted by Crippen LogP contribution is 2.33. The summed E-state index contributed by atoms with van der Waals surface area (Å²) in [6.45, 7) is 2.91. The fourth-order valence-corrected chi connectivity index (χ4v) is 4.47. The predicted molar refractivity (Wildman–Crippen MR) is 121 cm³/mol. The Labute approximate surface area is 180 Å². The second kappa shape index (κ2) is 7.84. The maximum Gasteiger partial charge on any atom is 0.261 e. The van der Waals surface area contributed by atoms with Crippen molar-refractivity contribution in [3.8, 4) is 0 Å². The van der Waals surface area contributed by atoms with Gasteiger partial charge in [0.2, 0.25) is 5.91 Å². The first-order valence-electron chi connectivity index (χ1n) is 10.5. The number of benzene rings is 3. The molecule has 0 saturated carbocycles. The molecule has 1 aliphatic rings. The van der Waals surface area contributed by atoms with Gasteiger partial charge < -0.3 is 4.90 Å². The molecule has 5 rings (SSSR count). The summed E-state index contributed by atoms with van der Waals surface area (Å²) in [4.78, 5) is 32.7. The lowest BCUT2D eigenvalue weighted by atomic mass is 9.84. The Bertz CT molecular complexity index is 1330. The van der Waals surface area contributed by atoms with Gasteiger partial charge >= 0.3 is 0 Å². The summed E-state index contributed by atoms with van der Waals surface area (Å²) in [6, 6.07) is 25.8. The fraction of sp³-hybridized carbons (Fsp3) is 0.192. The monoisotopic (exact) mass is 409 g/mol. The van der Waals surface area contributed by atoms with E-state index in [2.05, 4.69) is 35.3 Å². The molecule has 1 amide bonds. The standard InChI is InChI=1S/C26H23N3O2/c1-18-27-24-14-8-7-13-22(24)26(31)29(18)17-25(30)28-15-20-11-5-6-12-21(20)23(16-28)19-9-3-2-4-10-19/h2-14,23H,15-17H2,1H3. The zero-order valence-corrected chi connectivity index (χ0v) is 17.4. The van der Waals surface area contributed by atoms with E-state index in [1.54, 1.807) is 13.0 Å². The maximum absolute atomic E-state index is 13.3. The third-order valence-electron chi connectivity index (χ3n) is 6.10. The highest BCUT2D eigenvalue weighted by Gasteiger charge is 2.29. The molecule has 5 nitrogen and oxygen atoms in total. The van der Waals surface area contributed by atoms with Gasteiger partial charge in [0.05, 0.1) is 10.9 Å². The molecule has 0 bridgehead atoms. The topological polar surface area (TPSA) is 55.2 Å². The number of carbonyl (C=O) groups excluding carboxylic acids is 1. The quantitative estimate of drug-likeness (QED) is 0.516. The predicted octanol–water partition coefficient (Wildman–Crippen LogP) is 3.88. The van der Waals surface area contributed by atoms with Crippen molar-refractivity contribution in [3.63, 3.8) is 0 Å². The van der Waals surface area contributed by atoms with Gasteiger partial charge in [0, 0.05) is 19.0 Å². The third kappa shape index (κ3) is 3.52. The van der Waals surface area contributed by atoms with Crippen molar-refractivity contribution in [2.24, 2.45) is 0 Å². The van der Waals surface area contributed by atoms with Crippen LogP contribution in [0.15, 0.2) is 83.7 Å². The number of carbonyl (C=O) groups is 1. The second-order valence-electron chi connectivity index (χ2n) is 8.00. The van der Waals surface area contributed by atoms with E-state index in [9.17, 15) is 9.59 Å². The molecule has 0 aliphatic carbocycles. The smallest absolute Gasteiger partial charge is 0.261 e. The number of aromatic nitrogens is 2. The van der Waals surface area contributed by atoms with Gasteiger partial charge in [-0.15, -0.1) is 0 Å². The molecule has 2 heterocycles. The molecular weight excluding hydrogens is 386 g/mol. The summed E-state index contributed by atoms with van der Waals surface area (Å²) >= 11 is 0. The average Bonchev–Trinajstić information content (AvgIpc) is 2.81. The SMILES string of the molecule is Cc1nc2ccccc2c(=O)n1CC(=O)N1Cc2ccccc2C(c2ccccc2)C1. The number of hydrogen-bond donors (Lipinski definition) is 0. The minimum atomic E-state index is -0.173. The summed E-state index contributed by atoms with van der Waals surface area (Å²) < 4.78 is 1.49. The molecule has 0 fully saturated rings. The first-order valence-corrected chi connectivity index (χ1v) is 10.5. The molecule has 4 aromatic rings. The molecule has 0 radical (unpaired) electrons. The first kappa shape index (κ1) is 19.2. The van der Waals surface area contributed by atoms with Crippen LogP contribution in [0.2, 0.25) is 0 Å². The Kier molecular flexibility index (Phi) is 4.86. The van der Waals surface area contributed by atoms with Gasteiger partial charge in [-0.1, -0.05) is 66.7 Å². The Hall–Kier alpha value is -3.73. The number of hydrogen-bond acceptors (Lipinski definition) is 3. The van der Waals surface area contributed by atoms with Gasteiger partial charge in [-0.3, -0.25) is 14.2 Å². The molecule has 0 N–H and O–H groups in total. The van der Waals surface area contributed by atoms with Crippen molar-refractivity contribution in [1.82, 2.24) is 14.5 Å². The summed E-state index contributed by atoms with van der Waals surface area (Å²) in [6.07, 6.45) is 0. The van der Waals surface area contributed by atoms with Crippen molar-refractivity contribution in [2.45, 2.75) is 25.9 Å². The van der Waals surface area contributed by atoms with Crippen LogP contribution in [-0.4, -0.2) is 26.9 Å². The largest absolute Gasteiger partial charge is 0.336 e. The minimum Gasteiger partial charge on any atom is -0.336 e. The Morgan fingerprint density at radius 3 is 2.52 bits per heavy atom. The molecule has 0 saturated heterocycles. The normalized spacial score (nSPS) is 15.6. The lowest BCUT2D eigenvalue weighted by Crippen LogP contribution is -2.42. The lowest BCUT2D eigenvalue weighted by molar-refractivity contribution is -0.133. The van der Waals surface area contributed by atoms with E-state index >= 15 is 0 Å². The molecule has 5 heteroatoms. The Morgan fingerprint density at radius 1 is 0.968 bits per heavy atom.